The summed E-state index contributed by atoms with van der Waals surface area (Å²) in [6.45, 7) is 4.56. The first-order valence-corrected chi connectivity index (χ1v) is 11.2. The van der Waals surface area contributed by atoms with Crippen LogP contribution in [0.1, 0.15) is 65.2 Å². The first-order valence-electron chi connectivity index (χ1n) is 11.2. The molecule has 0 aromatic carbocycles. The molecule has 0 heterocycles. The van der Waals surface area contributed by atoms with Gasteiger partial charge in [0.2, 0.25) is 0 Å². The normalized spacial score (nSPS) is 32.8. The fraction of sp³-hybridized carbons (Fsp3) is 0.615. The Kier molecular flexibility index (Phi) is 16.3. The van der Waals surface area contributed by atoms with Crippen molar-refractivity contribution in [2.24, 2.45) is 35.5 Å². The van der Waals surface area contributed by atoms with Gasteiger partial charge in [-0.2, -0.15) is 11.8 Å². The molecule has 2 fully saturated rings. The molecule has 6 atom stereocenters. The van der Waals surface area contributed by atoms with Crippen LogP contribution < -0.4 is 24.8 Å². The Morgan fingerprint density at radius 1 is 0.655 bits per heavy atom. The second kappa shape index (κ2) is 16.1. The van der Waals surface area contributed by atoms with Crippen LogP contribution in [-0.2, 0) is 26.2 Å². The second-order valence-electron chi connectivity index (χ2n) is 8.68. The molecule has 0 saturated heterocycles. The van der Waals surface area contributed by atoms with Gasteiger partial charge in [-0.05, 0) is 11.8 Å². The topological polar surface area (TPSA) is 0 Å². The minimum atomic E-state index is 0. The predicted octanol–water partition coefficient (Wildman–Crippen LogP) is 1.52. The number of fused-ring (bicyclic) bond motifs is 2. The summed E-state index contributed by atoms with van der Waals surface area (Å²) in [4.78, 5) is 0. The summed E-state index contributed by atoms with van der Waals surface area (Å²) >= 11 is 0. The zero-order valence-corrected chi connectivity index (χ0v) is 22.1. The van der Waals surface area contributed by atoms with Gasteiger partial charge in [-0.1, -0.05) is 102 Å². The summed E-state index contributed by atoms with van der Waals surface area (Å²) in [6.07, 6.45) is 34.5. The van der Waals surface area contributed by atoms with Gasteiger partial charge in [0, 0.05) is 0 Å². The van der Waals surface area contributed by atoms with Gasteiger partial charge in [0.05, 0.1) is 0 Å². The second-order valence-corrected chi connectivity index (χ2v) is 8.68. The molecule has 4 rings (SSSR count). The van der Waals surface area contributed by atoms with Crippen molar-refractivity contribution in [2.45, 2.75) is 65.2 Å². The number of unbranched alkanes of at least 4 members (excludes halogenated alkanes) is 2. The van der Waals surface area contributed by atoms with Gasteiger partial charge < -0.3 is 37.7 Å². The maximum Gasteiger partial charge on any atom is 4.00 e. The molecule has 0 aromatic rings. The molecule has 0 N–H and O–H groups in total. The first-order chi connectivity index (χ1) is 12.8. The first kappa shape index (κ1) is 29.4. The molecular weight excluding hydrogens is 474 g/mol. The Bertz CT molecular complexity index is 449. The van der Waals surface area contributed by atoms with Gasteiger partial charge in [0.25, 0.3) is 0 Å². The maximum atomic E-state index is 2.57. The molecule has 4 aliphatic carbocycles. The summed E-state index contributed by atoms with van der Waals surface area (Å²) < 4.78 is 0. The van der Waals surface area contributed by atoms with Crippen LogP contribution in [0.3, 0.4) is 0 Å². The minimum Gasteiger partial charge on any atom is -1.00 e. The third-order valence-corrected chi connectivity index (χ3v) is 6.59. The molecule has 0 aromatic heterocycles. The summed E-state index contributed by atoms with van der Waals surface area (Å²) in [5.74, 6) is 4.95. The van der Waals surface area contributed by atoms with Crippen molar-refractivity contribution in [2.75, 3.05) is 0 Å². The van der Waals surface area contributed by atoms with E-state index in [1.54, 1.807) is 0 Å². The fourth-order valence-electron chi connectivity index (χ4n) is 5.07. The molecule has 0 bridgehead atoms. The number of allylic oxidation sites excluding steroid dienone is 8. The van der Waals surface area contributed by atoms with E-state index >= 15 is 0 Å². The average molecular weight is 513 g/mol. The molecule has 2 saturated carbocycles. The SMILES string of the molecule is CCCCC1[CH-]C2C=CC=CC2C1.CCCCC1[CH-]C2C=CC=CC2C1.[Cl-].[Cl-].[Zr+4]. The van der Waals surface area contributed by atoms with Crippen LogP contribution in [-0.4, -0.2) is 0 Å². The van der Waals surface area contributed by atoms with Crippen LogP contribution in [0, 0.1) is 48.3 Å². The Labute approximate surface area is 212 Å². The predicted molar refractivity (Wildman–Crippen MR) is 114 cm³/mol. The third kappa shape index (κ3) is 9.21. The van der Waals surface area contributed by atoms with Crippen LogP contribution >= 0.6 is 0 Å². The molecule has 0 spiro atoms. The molecule has 6 unspecified atom stereocenters. The Balaban J connectivity index is 0.000000490. The van der Waals surface area contributed by atoms with Gasteiger partial charge in [0.15, 0.2) is 0 Å². The summed E-state index contributed by atoms with van der Waals surface area (Å²) in [5, 5.41) is 0. The monoisotopic (exact) mass is 510 g/mol. The van der Waals surface area contributed by atoms with Crippen LogP contribution in [0.5, 0.6) is 0 Å². The minimum absolute atomic E-state index is 0. The van der Waals surface area contributed by atoms with Crippen molar-refractivity contribution >= 4 is 0 Å². The number of rotatable bonds is 6. The van der Waals surface area contributed by atoms with E-state index in [0.717, 1.165) is 35.5 Å². The van der Waals surface area contributed by atoms with E-state index in [1.807, 2.05) is 0 Å². The quantitative estimate of drug-likeness (QED) is 0.474. The molecule has 0 aliphatic heterocycles. The van der Waals surface area contributed by atoms with Crippen LogP contribution in [0.4, 0.5) is 0 Å². The van der Waals surface area contributed by atoms with E-state index in [2.05, 4.69) is 75.3 Å². The van der Waals surface area contributed by atoms with Crippen molar-refractivity contribution in [1.29, 1.82) is 0 Å². The number of hydrogen-bond acceptors (Lipinski definition) is 0. The van der Waals surface area contributed by atoms with Crippen molar-refractivity contribution < 1.29 is 51.0 Å². The largest absolute Gasteiger partial charge is 4.00 e. The third-order valence-electron chi connectivity index (χ3n) is 6.59. The van der Waals surface area contributed by atoms with Crippen LogP contribution in [0.2, 0.25) is 0 Å². The van der Waals surface area contributed by atoms with Crippen molar-refractivity contribution in [3.63, 3.8) is 0 Å². The Hall–Kier alpha value is 0.423. The molecule has 0 radical (unpaired) electrons. The van der Waals surface area contributed by atoms with E-state index in [1.165, 1.54) is 51.4 Å². The van der Waals surface area contributed by atoms with Gasteiger partial charge in [0.1, 0.15) is 0 Å². The Morgan fingerprint density at radius 2 is 1.03 bits per heavy atom. The van der Waals surface area contributed by atoms with Gasteiger partial charge in [-0.25, -0.2) is 0 Å². The summed E-state index contributed by atoms with van der Waals surface area (Å²) in [5.41, 5.74) is 0. The average Bonchev–Trinajstić information content (AvgIpc) is 3.28. The van der Waals surface area contributed by atoms with Gasteiger partial charge in [-0.15, -0.1) is 24.0 Å². The summed E-state index contributed by atoms with van der Waals surface area (Å²) in [7, 11) is 0. The van der Waals surface area contributed by atoms with E-state index < -0.39 is 0 Å². The molecule has 3 heteroatoms. The zero-order chi connectivity index (χ0) is 18.2. The van der Waals surface area contributed by atoms with E-state index in [9.17, 15) is 0 Å². The fourth-order valence-corrected chi connectivity index (χ4v) is 5.07. The number of halogens is 2. The van der Waals surface area contributed by atoms with Crippen LogP contribution in [0.15, 0.2) is 48.6 Å². The van der Waals surface area contributed by atoms with Crippen LogP contribution in [0.25, 0.3) is 0 Å². The Morgan fingerprint density at radius 3 is 1.38 bits per heavy atom. The molecule has 0 nitrogen and oxygen atoms in total. The van der Waals surface area contributed by atoms with Crippen molar-refractivity contribution in [1.82, 2.24) is 0 Å². The van der Waals surface area contributed by atoms with Gasteiger partial charge in [-0.3, -0.25) is 0 Å². The van der Waals surface area contributed by atoms with E-state index in [0.29, 0.717) is 0 Å². The van der Waals surface area contributed by atoms with E-state index in [-0.39, 0.29) is 51.0 Å². The molecule has 29 heavy (non-hydrogen) atoms. The molecule has 160 valence electrons. The van der Waals surface area contributed by atoms with Crippen molar-refractivity contribution in [3.05, 3.63) is 61.4 Å². The smallest absolute Gasteiger partial charge is 1.00 e. The molecule has 4 aliphatic rings. The zero-order valence-electron chi connectivity index (χ0n) is 18.2. The summed E-state index contributed by atoms with van der Waals surface area (Å²) in [6, 6.07) is 0. The number of hydrogen-bond donors (Lipinski definition) is 0. The molecular formula is C26H38Cl2Zr. The molecule has 0 amide bonds. The van der Waals surface area contributed by atoms with Gasteiger partial charge >= 0.3 is 26.2 Å². The standard InChI is InChI=1S/2C13H19.2ClH.Zr/c2*1-2-3-6-11-9-12-7-4-5-8-13(12)10-11;;;/h2*4-5,7-9,11-13H,2-3,6,10H2,1H3;2*1H;/q2*-1;;;+4/p-2. The maximum absolute atomic E-state index is 2.57. The van der Waals surface area contributed by atoms with E-state index in [4.69, 9.17) is 0 Å². The van der Waals surface area contributed by atoms with Crippen molar-refractivity contribution in [3.8, 4) is 0 Å².